The van der Waals surface area contributed by atoms with Gasteiger partial charge < -0.3 is 4.74 Å². The largest absolute Gasteiger partial charge is 0.477 e. The van der Waals surface area contributed by atoms with Crippen molar-refractivity contribution in [2.24, 2.45) is 7.05 Å². The van der Waals surface area contributed by atoms with E-state index in [0.29, 0.717) is 17.4 Å². The van der Waals surface area contributed by atoms with Gasteiger partial charge in [0.25, 0.3) is 17.4 Å². The molecule has 2 heterocycles. The SMILES string of the molecule is CCOc1ncccc1C(=O)NNC(=O)c1nn(C)c(=O)c2ccccc12. The number of ether oxygens (including phenoxy) is 1. The molecule has 2 N–H and O–H groups in total. The highest BCUT2D eigenvalue weighted by molar-refractivity contribution is 6.06. The highest BCUT2D eigenvalue weighted by atomic mass is 16.5. The Balaban J connectivity index is 1.83. The molecule has 0 aliphatic carbocycles. The van der Waals surface area contributed by atoms with Gasteiger partial charge in [-0.2, -0.15) is 5.10 Å². The Morgan fingerprint density at radius 1 is 1.07 bits per heavy atom. The molecule has 9 nitrogen and oxygen atoms in total. The van der Waals surface area contributed by atoms with Crippen molar-refractivity contribution in [2.75, 3.05) is 6.61 Å². The van der Waals surface area contributed by atoms with E-state index < -0.39 is 11.8 Å². The van der Waals surface area contributed by atoms with Gasteiger partial charge in [-0.25, -0.2) is 9.67 Å². The lowest BCUT2D eigenvalue weighted by Crippen LogP contribution is -2.42. The third kappa shape index (κ3) is 3.61. The van der Waals surface area contributed by atoms with Crippen LogP contribution in [-0.2, 0) is 7.05 Å². The summed E-state index contributed by atoms with van der Waals surface area (Å²) in [5.74, 6) is -1.08. The zero-order chi connectivity index (χ0) is 19.4. The lowest BCUT2D eigenvalue weighted by atomic mass is 10.1. The van der Waals surface area contributed by atoms with E-state index >= 15 is 0 Å². The molecule has 0 fully saturated rings. The van der Waals surface area contributed by atoms with Crippen LogP contribution in [0.3, 0.4) is 0 Å². The number of hydrogen-bond acceptors (Lipinski definition) is 6. The summed E-state index contributed by atoms with van der Waals surface area (Å²) < 4.78 is 6.38. The average molecular weight is 367 g/mol. The van der Waals surface area contributed by atoms with E-state index in [2.05, 4.69) is 20.9 Å². The first-order valence-corrected chi connectivity index (χ1v) is 8.17. The van der Waals surface area contributed by atoms with E-state index in [0.717, 1.165) is 4.68 Å². The molecular weight excluding hydrogens is 350 g/mol. The van der Waals surface area contributed by atoms with Crippen LogP contribution in [-0.4, -0.2) is 33.2 Å². The summed E-state index contributed by atoms with van der Waals surface area (Å²) >= 11 is 0. The number of carbonyl (C=O) groups excluding carboxylic acids is 2. The fourth-order valence-corrected chi connectivity index (χ4v) is 2.52. The predicted octanol–water partition coefficient (Wildman–Crippen LogP) is 0.802. The number of nitrogens with zero attached hydrogens (tertiary/aromatic N) is 3. The van der Waals surface area contributed by atoms with Crippen molar-refractivity contribution in [2.45, 2.75) is 6.92 Å². The molecule has 0 atom stereocenters. The Morgan fingerprint density at radius 2 is 1.78 bits per heavy atom. The van der Waals surface area contributed by atoms with Crippen molar-refractivity contribution in [3.05, 3.63) is 64.2 Å². The third-order valence-electron chi connectivity index (χ3n) is 3.76. The van der Waals surface area contributed by atoms with Gasteiger partial charge in [0.05, 0.1) is 12.0 Å². The first kappa shape index (κ1) is 18.1. The van der Waals surface area contributed by atoms with Gasteiger partial charge in [0.2, 0.25) is 5.88 Å². The van der Waals surface area contributed by atoms with Crippen LogP contribution in [0.2, 0.25) is 0 Å². The summed E-state index contributed by atoms with van der Waals surface area (Å²) in [6.45, 7) is 2.12. The summed E-state index contributed by atoms with van der Waals surface area (Å²) in [6, 6.07) is 9.74. The molecule has 27 heavy (non-hydrogen) atoms. The molecule has 3 rings (SSSR count). The van der Waals surface area contributed by atoms with Crippen molar-refractivity contribution in [1.29, 1.82) is 0 Å². The molecule has 9 heteroatoms. The Kier molecular flexibility index (Phi) is 5.11. The summed E-state index contributed by atoms with van der Waals surface area (Å²) in [5, 5.41) is 4.75. The van der Waals surface area contributed by atoms with Crippen LogP contribution in [0.4, 0.5) is 0 Å². The van der Waals surface area contributed by atoms with Gasteiger partial charge in [0.1, 0.15) is 5.56 Å². The van der Waals surface area contributed by atoms with E-state index in [1.54, 1.807) is 37.3 Å². The lowest BCUT2D eigenvalue weighted by Gasteiger charge is -2.11. The zero-order valence-corrected chi connectivity index (χ0v) is 14.7. The Morgan fingerprint density at radius 3 is 2.52 bits per heavy atom. The number of pyridine rings is 1. The third-order valence-corrected chi connectivity index (χ3v) is 3.76. The Hall–Kier alpha value is -3.75. The minimum atomic E-state index is -0.656. The highest BCUT2D eigenvalue weighted by Gasteiger charge is 2.18. The summed E-state index contributed by atoms with van der Waals surface area (Å²) in [5.41, 5.74) is 4.49. The number of rotatable bonds is 4. The lowest BCUT2D eigenvalue weighted by molar-refractivity contribution is 0.0841. The monoisotopic (exact) mass is 367 g/mol. The highest BCUT2D eigenvalue weighted by Crippen LogP contribution is 2.14. The number of benzene rings is 1. The van der Waals surface area contributed by atoms with Gasteiger partial charge in [0.15, 0.2) is 5.69 Å². The second-order valence-corrected chi connectivity index (χ2v) is 5.52. The molecule has 0 aliphatic heterocycles. The van der Waals surface area contributed by atoms with Crippen LogP contribution in [0.5, 0.6) is 5.88 Å². The maximum Gasteiger partial charge on any atom is 0.290 e. The van der Waals surface area contributed by atoms with Gasteiger partial charge >= 0.3 is 0 Å². The van der Waals surface area contributed by atoms with Crippen LogP contribution < -0.4 is 21.1 Å². The standard InChI is InChI=1S/C18H17N5O4/c1-3-27-17-13(9-6-10-19-17)15(24)20-21-16(25)14-11-7-4-5-8-12(11)18(26)23(2)22-14/h4-10H,3H2,1-2H3,(H,20,24)(H,21,25). The molecule has 0 aliphatic rings. The maximum atomic E-state index is 12.5. The smallest absolute Gasteiger partial charge is 0.290 e. The minimum absolute atomic E-state index is 0.0178. The zero-order valence-electron chi connectivity index (χ0n) is 14.7. The van der Waals surface area contributed by atoms with Crippen LogP contribution in [0.15, 0.2) is 47.4 Å². The van der Waals surface area contributed by atoms with Crippen LogP contribution in [0, 0.1) is 0 Å². The molecule has 0 radical (unpaired) electrons. The fourth-order valence-electron chi connectivity index (χ4n) is 2.52. The minimum Gasteiger partial charge on any atom is -0.477 e. The second kappa shape index (κ2) is 7.65. The number of amides is 2. The normalized spacial score (nSPS) is 10.4. The van der Waals surface area contributed by atoms with Crippen molar-refractivity contribution in [3.63, 3.8) is 0 Å². The van der Waals surface area contributed by atoms with Crippen LogP contribution >= 0.6 is 0 Å². The number of hydrazine groups is 1. The Labute approximate surface area is 154 Å². The maximum absolute atomic E-state index is 12.5. The number of aromatic nitrogens is 3. The molecule has 0 bridgehead atoms. The summed E-state index contributed by atoms with van der Waals surface area (Å²) in [7, 11) is 1.45. The molecule has 2 aromatic heterocycles. The Bertz CT molecular complexity index is 1080. The van der Waals surface area contributed by atoms with E-state index in [1.807, 2.05) is 0 Å². The summed E-state index contributed by atoms with van der Waals surface area (Å²) in [6.07, 6.45) is 1.50. The molecule has 3 aromatic rings. The molecule has 0 saturated heterocycles. The second-order valence-electron chi connectivity index (χ2n) is 5.52. The number of hydrogen-bond donors (Lipinski definition) is 2. The molecule has 0 spiro atoms. The van der Waals surface area contributed by atoms with Crippen molar-refractivity contribution in [1.82, 2.24) is 25.6 Å². The van der Waals surface area contributed by atoms with Crippen LogP contribution in [0.25, 0.3) is 10.8 Å². The molecule has 2 amide bonds. The molecule has 0 saturated carbocycles. The number of fused-ring (bicyclic) bond motifs is 1. The van der Waals surface area contributed by atoms with Gasteiger partial charge in [-0.3, -0.25) is 25.2 Å². The van der Waals surface area contributed by atoms with Crippen LogP contribution in [0.1, 0.15) is 27.8 Å². The van der Waals surface area contributed by atoms with Gasteiger partial charge in [-0.1, -0.05) is 18.2 Å². The molecular formula is C18H17N5O4. The van der Waals surface area contributed by atoms with E-state index in [4.69, 9.17) is 4.74 Å². The fraction of sp³-hybridized carbons (Fsp3) is 0.167. The van der Waals surface area contributed by atoms with Gasteiger partial charge in [0, 0.05) is 18.6 Å². The van der Waals surface area contributed by atoms with Crippen molar-refractivity contribution >= 4 is 22.6 Å². The summed E-state index contributed by atoms with van der Waals surface area (Å²) in [4.78, 5) is 41.0. The van der Waals surface area contributed by atoms with E-state index in [9.17, 15) is 14.4 Å². The molecule has 1 aromatic carbocycles. The van der Waals surface area contributed by atoms with Crippen molar-refractivity contribution in [3.8, 4) is 5.88 Å². The predicted molar refractivity (Wildman–Crippen MR) is 97.3 cm³/mol. The topological polar surface area (TPSA) is 115 Å². The number of aryl methyl sites for hydroxylation is 1. The van der Waals surface area contributed by atoms with Crippen molar-refractivity contribution < 1.29 is 14.3 Å². The number of nitrogens with one attached hydrogen (secondary N) is 2. The average Bonchev–Trinajstić information content (AvgIpc) is 2.69. The molecule has 0 unspecified atom stereocenters. The van der Waals surface area contributed by atoms with E-state index in [1.165, 1.54) is 19.3 Å². The number of carbonyl (C=O) groups is 2. The molecule has 138 valence electrons. The van der Waals surface area contributed by atoms with Gasteiger partial charge in [-0.05, 0) is 25.1 Å². The first-order valence-electron chi connectivity index (χ1n) is 8.17. The first-order chi connectivity index (χ1) is 13.0. The van der Waals surface area contributed by atoms with Gasteiger partial charge in [-0.15, -0.1) is 0 Å². The van der Waals surface area contributed by atoms with E-state index in [-0.39, 0.29) is 22.7 Å². The quantitative estimate of drug-likeness (QED) is 0.659.